The maximum Gasteiger partial charge on any atom is 0.237 e. The quantitative estimate of drug-likeness (QED) is 0.715. The lowest BCUT2D eigenvalue weighted by Gasteiger charge is -2.43. The average molecular weight is 196 g/mol. The lowest BCUT2D eigenvalue weighted by atomic mass is 9.75. The second-order valence-electron chi connectivity index (χ2n) is 4.78. The van der Waals surface area contributed by atoms with E-state index in [4.69, 9.17) is 5.73 Å². The molecule has 0 aromatic carbocycles. The van der Waals surface area contributed by atoms with Crippen molar-refractivity contribution in [3.8, 4) is 0 Å². The fourth-order valence-corrected chi connectivity index (χ4v) is 2.63. The lowest BCUT2D eigenvalue weighted by molar-refractivity contribution is -0.128. The first kappa shape index (κ1) is 9.97. The predicted molar refractivity (Wildman–Crippen MR) is 55.8 cm³/mol. The molecule has 0 aromatic rings. The summed E-state index contributed by atoms with van der Waals surface area (Å²) < 4.78 is 0. The van der Waals surface area contributed by atoms with Crippen molar-refractivity contribution in [2.75, 3.05) is 0 Å². The maximum atomic E-state index is 11.3. The van der Waals surface area contributed by atoms with Crippen LogP contribution >= 0.6 is 0 Å². The number of carbonyl (C=O) groups is 1. The van der Waals surface area contributed by atoms with Crippen LogP contribution in [0, 0.1) is 0 Å². The Morgan fingerprint density at radius 1 is 1.14 bits per heavy atom. The molecule has 2 fully saturated rings. The minimum atomic E-state index is -0.331. The molecule has 3 nitrogen and oxygen atoms in total. The third-order valence-corrected chi connectivity index (χ3v) is 3.76. The summed E-state index contributed by atoms with van der Waals surface area (Å²) >= 11 is 0. The van der Waals surface area contributed by atoms with Crippen LogP contribution in [0.3, 0.4) is 0 Å². The van der Waals surface area contributed by atoms with E-state index in [9.17, 15) is 4.79 Å². The van der Waals surface area contributed by atoms with Crippen molar-refractivity contribution in [1.29, 1.82) is 0 Å². The first-order chi connectivity index (χ1) is 6.73. The summed E-state index contributed by atoms with van der Waals surface area (Å²) in [6.45, 7) is 0. The highest BCUT2D eigenvalue weighted by Gasteiger charge is 2.43. The van der Waals surface area contributed by atoms with Gasteiger partial charge in [-0.3, -0.25) is 4.79 Å². The minimum absolute atomic E-state index is 0.144. The molecule has 0 heterocycles. The van der Waals surface area contributed by atoms with E-state index < -0.39 is 0 Å². The van der Waals surface area contributed by atoms with Crippen LogP contribution in [0.5, 0.6) is 0 Å². The van der Waals surface area contributed by atoms with E-state index in [2.05, 4.69) is 5.32 Å². The number of hydrogen-bond acceptors (Lipinski definition) is 2. The fraction of sp³-hybridized carbons (Fsp3) is 0.909. The van der Waals surface area contributed by atoms with Crippen LogP contribution in [-0.4, -0.2) is 17.5 Å². The topological polar surface area (TPSA) is 55.1 Å². The third-order valence-electron chi connectivity index (χ3n) is 3.76. The van der Waals surface area contributed by atoms with Crippen LogP contribution in [0.25, 0.3) is 0 Å². The second-order valence-corrected chi connectivity index (χ2v) is 4.78. The number of carbonyl (C=O) groups excluding carboxylic acids is 1. The average Bonchev–Trinajstić information content (AvgIpc) is 2.12. The van der Waals surface area contributed by atoms with Crippen molar-refractivity contribution < 1.29 is 4.79 Å². The molecule has 3 heteroatoms. The van der Waals surface area contributed by atoms with Crippen LogP contribution in [0.2, 0.25) is 0 Å². The first-order valence-corrected chi connectivity index (χ1v) is 5.81. The van der Waals surface area contributed by atoms with Crippen molar-refractivity contribution in [3.63, 3.8) is 0 Å². The molecule has 0 aliphatic heterocycles. The Labute approximate surface area is 85.4 Å². The van der Waals surface area contributed by atoms with Crippen molar-refractivity contribution in [3.05, 3.63) is 0 Å². The van der Waals surface area contributed by atoms with Gasteiger partial charge >= 0.3 is 0 Å². The van der Waals surface area contributed by atoms with Gasteiger partial charge in [-0.25, -0.2) is 0 Å². The van der Waals surface area contributed by atoms with Gasteiger partial charge in [-0.2, -0.15) is 0 Å². The maximum absolute atomic E-state index is 11.3. The van der Waals surface area contributed by atoms with Crippen LogP contribution in [0.15, 0.2) is 0 Å². The first-order valence-electron chi connectivity index (χ1n) is 5.81. The van der Waals surface area contributed by atoms with E-state index in [0.29, 0.717) is 6.04 Å². The van der Waals surface area contributed by atoms with E-state index in [1.54, 1.807) is 0 Å². The van der Waals surface area contributed by atoms with Gasteiger partial charge in [0.1, 0.15) is 0 Å². The molecule has 0 atom stereocenters. The predicted octanol–water partition coefficient (Wildman–Crippen LogP) is 1.32. The molecule has 2 saturated carbocycles. The van der Waals surface area contributed by atoms with Crippen LogP contribution in [0.1, 0.15) is 51.4 Å². The van der Waals surface area contributed by atoms with Gasteiger partial charge in [-0.1, -0.05) is 19.3 Å². The molecule has 0 unspecified atom stereocenters. The van der Waals surface area contributed by atoms with E-state index in [1.807, 2.05) is 0 Å². The van der Waals surface area contributed by atoms with Gasteiger partial charge in [0, 0.05) is 6.04 Å². The summed E-state index contributed by atoms with van der Waals surface area (Å²) in [4.78, 5) is 11.3. The lowest BCUT2D eigenvalue weighted by Crippen LogP contribution is -2.62. The summed E-state index contributed by atoms with van der Waals surface area (Å²) in [5.74, 6) is -0.144. The smallest absolute Gasteiger partial charge is 0.237 e. The number of amides is 1. The Kier molecular flexibility index (Phi) is 2.77. The van der Waals surface area contributed by atoms with Gasteiger partial charge in [0.05, 0.1) is 5.54 Å². The van der Waals surface area contributed by atoms with Gasteiger partial charge in [-0.05, 0) is 32.1 Å². The highest BCUT2D eigenvalue weighted by Crippen LogP contribution is 2.33. The summed E-state index contributed by atoms with van der Waals surface area (Å²) in [6.07, 6.45) is 9.41. The van der Waals surface area contributed by atoms with Gasteiger partial charge in [0.2, 0.25) is 5.91 Å². The summed E-state index contributed by atoms with van der Waals surface area (Å²) in [7, 11) is 0. The zero-order valence-corrected chi connectivity index (χ0v) is 8.72. The molecule has 3 N–H and O–H groups in total. The molecule has 80 valence electrons. The molecular weight excluding hydrogens is 176 g/mol. The van der Waals surface area contributed by atoms with E-state index in [0.717, 1.165) is 19.3 Å². The monoisotopic (exact) mass is 196 g/mol. The number of hydrogen-bond donors (Lipinski definition) is 2. The van der Waals surface area contributed by atoms with Crippen LogP contribution < -0.4 is 11.1 Å². The van der Waals surface area contributed by atoms with Gasteiger partial charge in [0.25, 0.3) is 0 Å². The van der Waals surface area contributed by atoms with Crippen LogP contribution in [-0.2, 0) is 4.79 Å². The molecule has 2 rings (SSSR count). The molecule has 14 heavy (non-hydrogen) atoms. The van der Waals surface area contributed by atoms with Gasteiger partial charge < -0.3 is 11.1 Å². The molecule has 0 aromatic heterocycles. The Morgan fingerprint density at radius 2 is 1.79 bits per heavy atom. The zero-order chi connectivity index (χ0) is 10.0. The van der Waals surface area contributed by atoms with E-state index in [-0.39, 0.29) is 11.4 Å². The number of nitrogens with one attached hydrogen (secondary N) is 1. The molecule has 2 aliphatic carbocycles. The largest absolute Gasteiger partial charge is 0.368 e. The molecule has 2 aliphatic rings. The van der Waals surface area contributed by atoms with Crippen molar-refractivity contribution in [2.24, 2.45) is 5.73 Å². The summed E-state index contributed by atoms with van der Waals surface area (Å²) in [6, 6.07) is 0.538. The number of rotatable bonds is 3. The second kappa shape index (κ2) is 3.89. The number of primary amides is 1. The summed E-state index contributed by atoms with van der Waals surface area (Å²) in [5.41, 5.74) is 5.12. The highest BCUT2D eigenvalue weighted by atomic mass is 16.1. The van der Waals surface area contributed by atoms with E-state index >= 15 is 0 Å². The van der Waals surface area contributed by atoms with Crippen molar-refractivity contribution in [2.45, 2.75) is 62.9 Å². The zero-order valence-electron chi connectivity index (χ0n) is 8.72. The molecule has 0 spiro atoms. The van der Waals surface area contributed by atoms with Crippen molar-refractivity contribution >= 4 is 5.91 Å². The SMILES string of the molecule is NC(=O)C1(NC2CCCCC2)CCC1. The molecule has 0 saturated heterocycles. The normalized spacial score (nSPS) is 26.9. The summed E-state index contributed by atoms with van der Waals surface area (Å²) in [5, 5.41) is 3.49. The highest BCUT2D eigenvalue weighted by molar-refractivity contribution is 5.85. The third kappa shape index (κ3) is 1.78. The number of nitrogens with two attached hydrogens (primary N) is 1. The Bertz CT molecular complexity index is 217. The van der Waals surface area contributed by atoms with Crippen LogP contribution in [0.4, 0.5) is 0 Å². The fourth-order valence-electron chi connectivity index (χ4n) is 2.63. The molecule has 0 bridgehead atoms. The Balaban J connectivity index is 1.90. The van der Waals surface area contributed by atoms with E-state index in [1.165, 1.54) is 32.1 Å². The minimum Gasteiger partial charge on any atom is -0.368 e. The standard InChI is InChI=1S/C11H20N2O/c12-10(14)11(7-4-8-11)13-9-5-2-1-3-6-9/h9,13H,1-8H2,(H2,12,14). The van der Waals surface area contributed by atoms with Gasteiger partial charge in [-0.15, -0.1) is 0 Å². The molecule has 1 amide bonds. The van der Waals surface area contributed by atoms with Gasteiger partial charge in [0.15, 0.2) is 0 Å². The molecule has 0 radical (unpaired) electrons. The van der Waals surface area contributed by atoms with Crippen molar-refractivity contribution in [1.82, 2.24) is 5.32 Å². The molecular formula is C11H20N2O. The Hall–Kier alpha value is -0.570. The Morgan fingerprint density at radius 3 is 2.21 bits per heavy atom.